The summed E-state index contributed by atoms with van der Waals surface area (Å²) in [5.41, 5.74) is 1.70. The lowest BCUT2D eigenvalue weighted by Crippen LogP contribution is -2.19. The van der Waals surface area contributed by atoms with Gasteiger partial charge in [-0.15, -0.1) is 0 Å². The highest BCUT2D eigenvalue weighted by Gasteiger charge is 2.09. The molecule has 23 heavy (non-hydrogen) atoms. The zero-order valence-electron chi connectivity index (χ0n) is 13.4. The quantitative estimate of drug-likeness (QED) is 0.630. The highest BCUT2D eigenvalue weighted by Crippen LogP contribution is 2.21. The maximum Gasteiger partial charge on any atom is 0.325 e. The number of amides is 2. The normalized spacial score (nSPS) is 10.6. The van der Waals surface area contributed by atoms with Gasteiger partial charge >= 0.3 is 6.03 Å². The molecular formula is C16H18N4OS2. The van der Waals surface area contributed by atoms with Gasteiger partial charge in [0.2, 0.25) is 10.3 Å². The predicted octanol–water partition coefficient (Wildman–Crippen LogP) is 4.59. The third-order valence-electron chi connectivity index (χ3n) is 2.59. The largest absolute Gasteiger partial charge is 0.325 e. The maximum absolute atomic E-state index is 12.0. The van der Waals surface area contributed by atoms with E-state index in [2.05, 4.69) is 31.2 Å². The third kappa shape index (κ3) is 5.93. The third-order valence-corrected chi connectivity index (χ3v) is 3.90. The Kier molecular flexibility index (Phi) is 5.64. The van der Waals surface area contributed by atoms with Crippen molar-refractivity contribution in [3.8, 4) is 11.2 Å². The summed E-state index contributed by atoms with van der Waals surface area (Å²) in [5.74, 6) is 3.10. The number of hydrogen-bond donors (Lipinski definition) is 2. The molecule has 0 fully saturated rings. The van der Waals surface area contributed by atoms with Crippen LogP contribution in [0.4, 0.5) is 15.6 Å². The zero-order valence-corrected chi connectivity index (χ0v) is 15.1. The van der Waals surface area contributed by atoms with Crippen molar-refractivity contribution in [3.05, 3.63) is 29.8 Å². The van der Waals surface area contributed by atoms with Crippen molar-refractivity contribution < 1.29 is 4.79 Å². The first-order valence-electron chi connectivity index (χ1n) is 7.00. The van der Waals surface area contributed by atoms with Crippen LogP contribution in [0.25, 0.3) is 0 Å². The van der Waals surface area contributed by atoms with Crippen LogP contribution in [0.1, 0.15) is 26.3 Å². The smallest absolute Gasteiger partial charge is 0.307 e. The van der Waals surface area contributed by atoms with Gasteiger partial charge in [-0.05, 0) is 44.6 Å². The Hall–Kier alpha value is -2.04. The van der Waals surface area contributed by atoms with Crippen LogP contribution >= 0.6 is 23.3 Å². The number of carbonyl (C=O) groups is 1. The summed E-state index contributed by atoms with van der Waals surface area (Å²) in [7, 11) is 0. The Balaban J connectivity index is 1.92. The molecule has 0 saturated heterocycles. The van der Waals surface area contributed by atoms with Crippen molar-refractivity contribution in [2.75, 3.05) is 10.6 Å². The van der Waals surface area contributed by atoms with E-state index in [1.165, 1.54) is 11.8 Å². The second kappa shape index (κ2) is 7.49. The molecule has 7 heteroatoms. The molecule has 2 N–H and O–H groups in total. The molecule has 1 heterocycles. The van der Waals surface area contributed by atoms with E-state index in [1.807, 2.05) is 52.0 Å². The van der Waals surface area contributed by atoms with Gasteiger partial charge in [0, 0.05) is 34.4 Å². The van der Waals surface area contributed by atoms with E-state index in [0.29, 0.717) is 10.3 Å². The fourth-order valence-corrected chi connectivity index (χ4v) is 2.87. The lowest BCUT2D eigenvalue weighted by atomic mass is 9.99. The summed E-state index contributed by atoms with van der Waals surface area (Å²) in [6, 6.07) is 7.23. The predicted molar refractivity (Wildman–Crippen MR) is 96.8 cm³/mol. The van der Waals surface area contributed by atoms with Gasteiger partial charge in [0.25, 0.3) is 0 Å². The molecule has 0 saturated carbocycles. The average molecular weight is 346 g/mol. The van der Waals surface area contributed by atoms with Gasteiger partial charge in [0.15, 0.2) is 0 Å². The molecule has 1 aromatic carbocycles. The van der Waals surface area contributed by atoms with Crippen LogP contribution in [0.2, 0.25) is 0 Å². The van der Waals surface area contributed by atoms with E-state index in [9.17, 15) is 4.79 Å². The molecule has 0 aliphatic rings. The number of para-hydroxylation sites is 1. The Bertz CT molecular complexity index is 753. The van der Waals surface area contributed by atoms with Gasteiger partial charge in [0.05, 0.1) is 0 Å². The molecule has 2 aromatic rings. The Morgan fingerprint density at radius 2 is 2.00 bits per heavy atom. The summed E-state index contributed by atoms with van der Waals surface area (Å²) in [6.07, 6.45) is 0. The Labute approximate surface area is 144 Å². The van der Waals surface area contributed by atoms with E-state index in [1.54, 1.807) is 0 Å². The summed E-state index contributed by atoms with van der Waals surface area (Å²) >= 11 is 2.39. The molecule has 0 spiro atoms. The summed E-state index contributed by atoms with van der Waals surface area (Å²) in [5, 5.41) is 9.42. The summed E-state index contributed by atoms with van der Waals surface area (Å²) in [4.78, 5) is 16.2. The molecule has 1 aromatic heterocycles. The maximum atomic E-state index is 12.0. The number of urea groups is 1. The van der Waals surface area contributed by atoms with Gasteiger partial charge in [-0.1, -0.05) is 24.1 Å². The van der Waals surface area contributed by atoms with Crippen molar-refractivity contribution in [2.24, 2.45) is 5.41 Å². The number of thioether (sulfide) groups is 1. The minimum atomic E-state index is -0.340. The van der Waals surface area contributed by atoms with Gasteiger partial charge < -0.3 is 5.32 Å². The molecule has 0 unspecified atom stereocenters. The molecule has 2 amide bonds. The number of carbonyl (C=O) groups excluding carboxylic acids is 1. The fraction of sp³-hybridized carbons (Fsp3) is 0.312. The van der Waals surface area contributed by atoms with Crippen molar-refractivity contribution >= 4 is 40.1 Å². The first-order chi connectivity index (χ1) is 10.8. The van der Waals surface area contributed by atoms with Crippen molar-refractivity contribution in [1.82, 2.24) is 9.36 Å². The standard InChI is InChI=1S/C16H18N4OS2/c1-11-7-5-6-8-12(11)17-13(21)18-14-19-15(20-23-14)22-10-9-16(2,3)4/h5-8H,1-4H3,(H2,17,18,19,20,21). The van der Waals surface area contributed by atoms with Gasteiger partial charge in [0.1, 0.15) is 0 Å². The molecule has 120 valence electrons. The van der Waals surface area contributed by atoms with Crippen molar-refractivity contribution in [2.45, 2.75) is 32.9 Å². The first-order valence-corrected chi connectivity index (χ1v) is 8.59. The molecule has 5 nitrogen and oxygen atoms in total. The average Bonchev–Trinajstić information content (AvgIpc) is 2.87. The monoisotopic (exact) mass is 346 g/mol. The van der Waals surface area contributed by atoms with Crippen LogP contribution in [0, 0.1) is 23.5 Å². The number of aromatic nitrogens is 2. The number of benzene rings is 1. The molecular weight excluding hydrogens is 328 g/mol. The van der Waals surface area contributed by atoms with Crippen LogP contribution in [0.15, 0.2) is 29.4 Å². The van der Waals surface area contributed by atoms with Gasteiger partial charge in [-0.3, -0.25) is 5.32 Å². The lowest BCUT2D eigenvalue weighted by Gasteiger charge is -2.07. The number of aryl methyl sites for hydroxylation is 1. The molecule has 0 aliphatic carbocycles. The molecule has 0 atom stereocenters. The Morgan fingerprint density at radius 3 is 2.70 bits per heavy atom. The number of nitrogens with one attached hydrogen (secondary N) is 2. The second-order valence-corrected chi connectivity index (χ2v) is 7.38. The Morgan fingerprint density at radius 1 is 1.26 bits per heavy atom. The van der Waals surface area contributed by atoms with E-state index in [4.69, 9.17) is 0 Å². The van der Waals surface area contributed by atoms with Gasteiger partial charge in [-0.2, -0.15) is 9.36 Å². The summed E-state index contributed by atoms with van der Waals surface area (Å²) in [6.45, 7) is 8.05. The van der Waals surface area contributed by atoms with Gasteiger partial charge in [-0.25, -0.2) is 4.79 Å². The fourth-order valence-electron chi connectivity index (χ4n) is 1.49. The first kappa shape index (κ1) is 17.3. The van der Waals surface area contributed by atoms with Crippen LogP contribution in [0.5, 0.6) is 0 Å². The van der Waals surface area contributed by atoms with E-state index in [0.717, 1.165) is 22.8 Å². The molecule has 0 bridgehead atoms. The van der Waals surface area contributed by atoms with E-state index in [-0.39, 0.29) is 11.4 Å². The topological polar surface area (TPSA) is 66.9 Å². The van der Waals surface area contributed by atoms with E-state index >= 15 is 0 Å². The van der Waals surface area contributed by atoms with Crippen molar-refractivity contribution in [1.29, 1.82) is 0 Å². The van der Waals surface area contributed by atoms with E-state index < -0.39 is 0 Å². The highest BCUT2D eigenvalue weighted by molar-refractivity contribution is 8.03. The minimum Gasteiger partial charge on any atom is -0.307 e. The zero-order chi connectivity index (χ0) is 16.9. The number of rotatable bonds is 3. The highest BCUT2D eigenvalue weighted by atomic mass is 32.2. The lowest BCUT2D eigenvalue weighted by molar-refractivity contribution is 0.262. The van der Waals surface area contributed by atoms with Crippen LogP contribution in [-0.4, -0.2) is 15.4 Å². The summed E-state index contributed by atoms with van der Waals surface area (Å²) < 4.78 is 4.16. The van der Waals surface area contributed by atoms with Crippen LogP contribution < -0.4 is 10.6 Å². The SMILES string of the molecule is Cc1ccccc1NC(=O)Nc1nc(SC#CC(C)(C)C)ns1. The minimum absolute atomic E-state index is 0.0580. The van der Waals surface area contributed by atoms with Crippen LogP contribution in [0.3, 0.4) is 0 Å². The molecule has 0 radical (unpaired) electrons. The van der Waals surface area contributed by atoms with Crippen molar-refractivity contribution in [3.63, 3.8) is 0 Å². The van der Waals surface area contributed by atoms with Crippen LogP contribution in [-0.2, 0) is 0 Å². The number of nitrogens with zero attached hydrogens (tertiary/aromatic N) is 2. The molecule has 2 rings (SSSR count). The second-order valence-electron chi connectivity index (χ2n) is 5.86. The number of anilines is 2. The molecule has 0 aliphatic heterocycles. The number of hydrogen-bond acceptors (Lipinski definition) is 5.